The Hall–Kier alpha value is -3.45. The first-order valence-electron chi connectivity index (χ1n) is 9.96. The van der Waals surface area contributed by atoms with E-state index in [0.29, 0.717) is 12.1 Å². The van der Waals surface area contributed by atoms with Crippen molar-refractivity contribution in [2.24, 2.45) is 5.10 Å². The van der Waals surface area contributed by atoms with Gasteiger partial charge >= 0.3 is 0 Å². The van der Waals surface area contributed by atoms with Crippen molar-refractivity contribution in [3.63, 3.8) is 0 Å². The van der Waals surface area contributed by atoms with E-state index in [1.54, 1.807) is 30.3 Å². The molecule has 31 heavy (non-hydrogen) atoms. The van der Waals surface area contributed by atoms with E-state index in [0.717, 1.165) is 21.0 Å². The molecule has 3 rings (SSSR count). The van der Waals surface area contributed by atoms with Gasteiger partial charge < -0.3 is 0 Å². The molecule has 1 N–H and O–H groups in total. The van der Waals surface area contributed by atoms with Crippen LogP contribution in [0.2, 0.25) is 0 Å². The molecule has 0 saturated carbocycles. The second kappa shape index (κ2) is 10.0. The first kappa shape index (κ1) is 22.2. The van der Waals surface area contributed by atoms with Crippen molar-refractivity contribution in [3.8, 4) is 0 Å². The van der Waals surface area contributed by atoms with Gasteiger partial charge in [0.05, 0.1) is 16.8 Å². The van der Waals surface area contributed by atoms with Crippen molar-refractivity contribution >= 4 is 27.8 Å². The zero-order valence-electron chi connectivity index (χ0n) is 17.5. The number of amides is 1. The van der Waals surface area contributed by atoms with Gasteiger partial charge in [-0.15, -0.1) is 0 Å². The van der Waals surface area contributed by atoms with E-state index in [4.69, 9.17) is 0 Å². The minimum Gasteiger partial charge on any atom is -0.271 e. The Morgan fingerprint density at radius 3 is 2.29 bits per heavy atom. The standard InChI is InChI=1S/C24H25N3O3S/c1-3-21-9-7-8-12-23(21)27(31(29,30)22-10-5-4-6-11-22)18-24(28)26-25-17-20-15-13-19(2)14-16-20/h4-17H,3,18H2,1-2H3,(H,26,28). The summed E-state index contributed by atoms with van der Waals surface area (Å²) >= 11 is 0. The van der Waals surface area contributed by atoms with Crippen molar-refractivity contribution in [3.05, 3.63) is 95.6 Å². The first-order valence-corrected chi connectivity index (χ1v) is 11.4. The molecule has 0 unspecified atom stereocenters. The van der Waals surface area contributed by atoms with Crippen molar-refractivity contribution < 1.29 is 13.2 Å². The molecule has 0 bridgehead atoms. The molecule has 1 amide bonds. The normalized spacial score (nSPS) is 11.4. The van der Waals surface area contributed by atoms with E-state index in [1.165, 1.54) is 18.3 Å². The Balaban J connectivity index is 1.86. The molecule has 0 fully saturated rings. The fraction of sp³-hybridized carbons (Fsp3) is 0.167. The Kier molecular flexibility index (Phi) is 7.20. The highest BCUT2D eigenvalue weighted by molar-refractivity contribution is 7.92. The molecule has 3 aromatic rings. The Morgan fingerprint density at radius 2 is 1.61 bits per heavy atom. The topological polar surface area (TPSA) is 78.8 Å². The number of carbonyl (C=O) groups excluding carboxylic acids is 1. The van der Waals surface area contributed by atoms with Gasteiger partial charge in [-0.2, -0.15) is 5.10 Å². The van der Waals surface area contributed by atoms with E-state index in [9.17, 15) is 13.2 Å². The van der Waals surface area contributed by atoms with E-state index in [2.05, 4.69) is 10.5 Å². The summed E-state index contributed by atoms with van der Waals surface area (Å²) in [4.78, 5) is 12.7. The second-order valence-electron chi connectivity index (χ2n) is 7.01. The maximum absolute atomic E-state index is 13.4. The average molecular weight is 436 g/mol. The zero-order valence-corrected chi connectivity index (χ0v) is 18.3. The van der Waals surface area contributed by atoms with E-state index >= 15 is 0 Å². The maximum atomic E-state index is 13.4. The summed E-state index contributed by atoms with van der Waals surface area (Å²) < 4.78 is 27.9. The van der Waals surface area contributed by atoms with Gasteiger partial charge in [-0.05, 0) is 42.7 Å². The first-order chi connectivity index (χ1) is 14.9. The maximum Gasteiger partial charge on any atom is 0.264 e. The van der Waals surface area contributed by atoms with E-state index in [-0.39, 0.29) is 11.4 Å². The number of hydrazone groups is 1. The van der Waals surface area contributed by atoms with Crippen LogP contribution in [-0.2, 0) is 21.2 Å². The van der Waals surface area contributed by atoms with Crippen molar-refractivity contribution in [1.29, 1.82) is 0 Å². The molecular weight excluding hydrogens is 410 g/mol. The summed E-state index contributed by atoms with van der Waals surface area (Å²) in [6, 6.07) is 22.9. The number of hydrogen-bond donors (Lipinski definition) is 1. The summed E-state index contributed by atoms with van der Waals surface area (Å²) in [6.45, 7) is 3.54. The van der Waals surface area contributed by atoms with Crippen LogP contribution in [0.25, 0.3) is 0 Å². The molecule has 0 saturated heterocycles. The molecule has 0 aliphatic rings. The van der Waals surface area contributed by atoms with Crippen molar-refractivity contribution in [2.75, 3.05) is 10.8 Å². The minimum absolute atomic E-state index is 0.122. The van der Waals surface area contributed by atoms with Gasteiger partial charge in [0.2, 0.25) is 0 Å². The Labute approximate surface area is 183 Å². The summed E-state index contributed by atoms with van der Waals surface area (Å²) in [5.74, 6) is -0.534. The van der Waals surface area contributed by atoms with Crippen LogP contribution >= 0.6 is 0 Å². The summed E-state index contributed by atoms with van der Waals surface area (Å²) in [5.41, 5.74) is 5.69. The van der Waals surface area contributed by atoms with Crippen LogP contribution in [0.4, 0.5) is 5.69 Å². The monoisotopic (exact) mass is 435 g/mol. The molecule has 7 heteroatoms. The van der Waals surface area contributed by atoms with Gasteiger partial charge in [0, 0.05) is 0 Å². The van der Waals surface area contributed by atoms with E-state index < -0.39 is 15.9 Å². The van der Waals surface area contributed by atoms with Gasteiger partial charge in [0.25, 0.3) is 15.9 Å². The number of nitrogens with one attached hydrogen (secondary N) is 1. The number of rotatable bonds is 8. The van der Waals surface area contributed by atoms with Gasteiger partial charge in [-0.1, -0.05) is 73.2 Å². The predicted molar refractivity (Wildman–Crippen MR) is 124 cm³/mol. The molecule has 0 aromatic heterocycles. The number of anilines is 1. The van der Waals surface area contributed by atoms with Gasteiger partial charge in [-0.25, -0.2) is 13.8 Å². The number of benzene rings is 3. The lowest BCUT2D eigenvalue weighted by Crippen LogP contribution is -2.40. The average Bonchev–Trinajstić information content (AvgIpc) is 2.79. The number of aryl methyl sites for hydroxylation is 2. The molecule has 0 aliphatic heterocycles. The number of hydrogen-bond acceptors (Lipinski definition) is 4. The fourth-order valence-corrected chi connectivity index (χ4v) is 4.55. The quantitative estimate of drug-likeness (QED) is 0.430. The van der Waals surface area contributed by atoms with Crippen LogP contribution in [0.15, 0.2) is 88.9 Å². The molecule has 0 heterocycles. The SMILES string of the molecule is CCc1ccccc1N(CC(=O)NN=Cc1ccc(C)cc1)S(=O)(=O)c1ccccc1. The predicted octanol–water partition coefficient (Wildman–Crippen LogP) is 3.90. The highest BCUT2D eigenvalue weighted by Crippen LogP contribution is 2.27. The smallest absolute Gasteiger partial charge is 0.264 e. The van der Waals surface area contributed by atoms with Crippen LogP contribution < -0.4 is 9.73 Å². The van der Waals surface area contributed by atoms with E-state index in [1.807, 2.05) is 50.2 Å². The second-order valence-corrected chi connectivity index (χ2v) is 8.87. The molecule has 0 aliphatic carbocycles. The molecule has 0 spiro atoms. The Bertz CT molecular complexity index is 1160. The third-order valence-corrected chi connectivity index (χ3v) is 6.51. The van der Waals surface area contributed by atoms with Gasteiger partial charge in [-0.3, -0.25) is 9.10 Å². The van der Waals surface area contributed by atoms with Crippen molar-refractivity contribution in [1.82, 2.24) is 5.43 Å². The summed E-state index contributed by atoms with van der Waals surface area (Å²) in [5, 5.41) is 3.97. The highest BCUT2D eigenvalue weighted by Gasteiger charge is 2.28. The van der Waals surface area contributed by atoms with Crippen LogP contribution in [0.1, 0.15) is 23.6 Å². The van der Waals surface area contributed by atoms with Crippen LogP contribution in [0, 0.1) is 6.92 Å². The number of para-hydroxylation sites is 1. The molecule has 6 nitrogen and oxygen atoms in total. The third kappa shape index (κ3) is 5.58. The third-order valence-electron chi connectivity index (χ3n) is 4.74. The Morgan fingerprint density at radius 1 is 0.968 bits per heavy atom. The minimum atomic E-state index is -3.94. The lowest BCUT2D eigenvalue weighted by atomic mass is 10.1. The van der Waals surface area contributed by atoms with Gasteiger partial charge in [0.1, 0.15) is 6.54 Å². The molecule has 0 atom stereocenters. The van der Waals surface area contributed by atoms with Crippen molar-refractivity contribution in [2.45, 2.75) is 25.2 Å². The summed E-state index contributed by atoms with van der Waals surface area (Å²) in [7, 11) is -3.94. The summed E-state index contributed by atoms with van der Waals surface area (Å²) in [6.07, 6.45) is 2.15. The molecule has 0 radical (unpaired) electrons. The lowest BCUT2D eigenvalue weighted by Gasteiger charge is -2.25. The zero-order chi connectivity index (χ0) is 22.3. The molecule has 160 valence electrons. The van der Waals surface area contributed by atoms with Gasteiger partial charge in [0.15, 0.2) is 0 Å². The fourth-order valence-electron chi connectivity index (χ4n) is 3.07. The van der Waals surface area contributed by atoms with Crippen LogP contribution in [-0.4, -0.2) is 27.1 Å². The number of nitrogens with zero attached hydrogens (tertiary/aromatic N) is 2. The van der Waals surface area contributed by atoms with Crippen LogP contribution in [0.5, 0.6) is 0 Å². The number of sulfonamides is 1. The molecular formula is C24H25N3O3S. The number of carbonyl (C=O) groups is 1. The highest BCUT2D eigenvalue weighted by atomic mass is 32.2. The van der Waals surface area contributed by atoms with Crippen LogP contribution in [0.3, 0.4) is 0 Å². The molecule has 3 aromatic carbocycles. The largest absolute Gasteiger partial charge is 0.271 e. The lowest BCUT2D eigenvalue weighted by molar-refractivity contribution is -0.119.